The Kier molecular flexibility index (Phi) is 2.95. The Morgan fingerprint density at radius 3 is 2.58 bits per heavy atom. The minimum absolute atomic E-state index is 0.127. The van der Waals surface area contributed by atoms with Crippen LogP contribution >= 0.6 is 0 Å². The summed E-state index contributed by atoms with van der Waals surface area (Å²) >= 11 is 0. The minimum atomic E-state index is -0.215. The summed E-state index contributed by atoms with van der Waals surface area (Å²) < 4.78 is 11.0. The predicted molar refractivity (Wildman–Crippen MR) is 71.8 cm³/mol. The Morgan fingerprint density at radius 1 is 1.11 bits per heavy atom. The normalized spacial score (nSPS) is 17.5. The zero-order valence-electron chi connectivity index (χ0n) is 10.6. The zero-order chi connectivity index (χ0) is 13.2. The topological polar surface area (TPSA) is 35.5 Å². The van der Waals surface area contributed by atoms with Gasteiger partial charge in [0.05, 0.1) is 19.1 Å². The van der Waals surface area contributed by atoms with Crippen LogP contribution in [0.5, 0.6) is 11.5 Å². The van der Waals surface area contributed by atoms with E-state index in [2.05, 4.69) is 0 Å². The van der Waals surface area contributed by atoms with Gasteiger partial charge < -0.3 is 9.47 Å². The van der Waals surface area contributed by atoms with Gasteiger partial charge >= 0.3 is 0 Å². The average molecular weight is 254 g/mol. The summed E-state index contributed by atoms with van der Waals surface area (Å²) in [4.78, 5) is 12.1. The van der Waals surface area contributed by atoms with Gasteiger partial charge in [-0.3, -0.25) is 4.79 Å². The van der Waals surface area contributed by atoms with E-state index in [9.17, 15) is 4.79 Å². The minimum Gasteiger partial charge on any atom is -0.497 e. The summed E-state index contributed by atoms with van der Waals surface area (Å²) in [5.41, 5.74) is 1.66. The van der Waals surface area contributed by atoms with Crippen molar-refractivity contribution in [2.24, 2.45) is 0 Å². The van der Waals surface area contributed by atoms with Crippen molar-refractivity contribution in [1.29, 1.82) is 0 Å². The first kappa shape index (κ1) is 11.8. The number of hydrogen-bond donors (Lipinski definition) is 0. The molecule has 0 bridgehead atoms. The number of Topliss-reactive ketones (excluding diaryl/α,β-unsaturated/α-hetero) is 1. The Morgan fingerprint density at radius 2 is 1.84 bits per heavy atom. The molecule has 1 aliphatic rings. The second-order valence-electron chi connectivity index (χ2n) is 4.50. The second kappa shape index (κ2) is 4.76. The molecule has 3 nitrogen and oxygen atoms in total. The molecule has 0 aliphatic carbocycles. The molecule has 19 heavy (non-hydrogen) atoms. The molecule has 3 heteroatoms. The lowest BCUT2D eigenvalue weighted by atomic mass is 9.96. The SMILES string of the molecule is COc1ccc([C@H]2CC(=O)c3ccccc3O2)cc1. The molecule has 1 heterocycles. The summed E-state index contributed by atoms with van der Waals surface area (Å²) in [6.07, 6.45) is 0.164. The van der Waals surface area contributed by atoms with E-state index in [-0.39, 0.29) is 11.9 Å². The van der Waals surface area contributed by atoms with Crippen molar-refractivity contribution in [1.82, 2.24) is 0 Å². The smallest absolute Gasteiger partial charge is 0.170 e. The number of rotatable bonds is 2. The number of ketones is 1. The van der Waals surface area contributed by atoms with Crippen LogP contribution in [0, 0.1) is 0 Å². The van der Waals surface area contributed by atoms with E-state index in [0.29, 0.717) is 17.7 Å². The number of hydrogen-bond acceptors (Lipinski definition) is 3. The van der Waals surface area contributed by atoms with E-state index in [1.807, 2.05) is 48.5 Å². The fourth-order valence-electron chi connectivity index (χ4n) is 2.28. The van der Waals surface area contributed by atoms with Gasteiger partial charge in [0.15, 0.2) is 5.78 Å². The van der Waals surface area contributed by atoms with Crippen LogP contribution in [0.4, 0.5) is 0 Å². The van der Waals surface area contributed by atoms with Crippen molar-refractivity contribution in [3.05, 3.63) is 59.7 Å². The first-order valence-electron chi connectivity index (χ1n) is 6.21. The van der Waals surface area contributed by atoms with Crippen LogP contribution in [0.1, 0.15) is 28.4 Å². The quantitative estimate of drug-likeness (QED) is 0.824. The lowest BCUT2D eigenvalue weighted by Crippen LogP contribution is -2.20. The van der Waals surface area contributed by atoms with Gasteiger partial charge in [-0.25, -0.2) is 0 Å². The van der Waals surface area contributed by atoms with Crippen LogP contribution in [0.3, 0.4) is 0 Å². The maximum Gasteiger partial charge on any atom is 0.170 e. The number of carbonyl (C=O) groups excluding carboxylic acids is 1. The highest BCUT2D eigenvalue weighted by Crippen LogP contribution is 2.34. The van der Waals surface area contributed by atoms with E-state index < -0.39 is 0 Å². The lowest BCUT2D eigenvalue weighted by molar-refractivity contribution is 0.0850. The van der Waals surface area contributed by atoms with Crippen LogP contribution < -0.4 is 9.47 Å². The van der Waals surface area contributed by atoms with Gasteiger partial charge in [-0.05, 0) is 29.8 Å². The summed E-state index contributed by atoms with van der Waals surface area (Å²) in [5.74, 6) is 1.59. The van der Waals surface area contributed by atoms with Crippen LogP contribution in [0.2, 0.25) is 0 Å². The van der Waals surface area contributed by atoms with E-state index in [0.717, 1.165) is 11.3 Å². The number of carbonyl (C=O) groups is 1. The molecule has 0 radical (unpaired) electrons. The van der Waals surface area contributed by atoms with Crippen molar-refractivity contribution in [2.75, 3.05) is 7.11 Å². The van der Waals surface area contributed by atoms with Crippen LogP contribution in [0.15, 0.2) is 48.5 Å². The number of fused-ring (bicyclic) bond motifs is 1. The fraction of sp³-hybridized carbons (Fsp3) is 0.188. The lowest BCUT2D eigenvalue weighted by Gasteiger charge is -2.25. The van der Waals surface area contributed by atoms with E-state index in [4.69, 9.17) is 9.47 Å². The average Bonchev–Trinajstić information content (AvgIpc) is 2.47. The molecular weight excluding hydrogens is 240 g/mol. The summed E-state index contributed by atoms with van der Waals surface area (Å²) in [7, 11) is 1.63. The third-order valence-electron chi connectivity index (χ3n) is 3.32. The second-order valence-corrected chi connectivity index (χ2v) is 4.50. The molecule has 0 spiro atoms. The predicted octanol–water partition coefficient (Wildman–Crippen LogP) is 3.40. The van der Waals surface area contributed by atoms with Gasteiger partial charge in [0.1, 0.15) is 17.6 Å². The highest BCUT2D eigenvalue weighted by Gasteiger charge is 2.27. The third kappa shape index (κ3) is 2.19. The summed E-state index contributed by atoms with van der Waals surface area (Å²) in [5, 5.41) is 0. The molecule has 0 N–H and O–H groups in total. The Hall–Kier alpha value is -2.29. The highest BCUT2D eigenvalue weighted by atomic mass is 16.5. The first-order chi connectivity index (χ1) is 9.28. The molecule has 1 aliphatic heterocycles. The molecule has 0 unspecified atom stereocenters. The summed E-state index contributed by atoms with van der Waals surface area (Å²) in [6.45, 7) is 0. The molecule has 0 amide bonds. The zero-order valence-corrected chi connectivity index (χ0v) is 10.6. The molecular formula is C16H14O3. The molecule has 2 aromatic carbocycles. The number of ether oxygens (including phenoxy) is 2. The molecule has 0 aromatic heterocycles. The van der Waals surface area contributed by atoms with Gasteiger partial charge in [-0.15, -0.1) is 0 Å². The molecule has 0 saturated carbocycles. The van der Waals surface area contributed by atoms with Crippen LogP contribution in [-0.2, 0) is 0 Å². The van der Waals surface area contributed by atoms with Crippen LogP contribution in [-0.4, -0.2) is 12.9 Å². The molecule has 0 fully saturated rings. The maximum absolute atomic E-state index is 12.1. The summed E-state index contributed by atoms with van der Waals surface area (Å²) in [6, 6.07) is 15.0. The van der Waals surface area contributed by atoms with Gasteiger partial charge in [0, 0.05) is 0 Å². The van der Waals surface area contributed by atoms with Crippen molar-refractivity contribution < 1.29 is 14.3 Å². The van der Waals surface area contributed by atoms with Crippen molar-refractivity contribution in [3.8, 4) is 11.5 Å². The molecule has 2 aromatic rings. The molecule has 0 saturated heterocycles. The molecule has 96 valence electrons. The third-order valence-corrected chi connectivity index (χ3v) is 3.32. The van der Waals surface area contributed by atoms with Crippen molar-refractivity contribution in [3.63, 3.8) is 0 Å². The Bertz CT molecular complexity index is 602. The standard InChI is InChI=1S/C16H14O3/c1-18-12-8-6-11(7-9-12)16-10-14(17)13-4-2-3-5-15(13)19-16/h2-9,16H,10H2,1H3/t16-/m1/s1. The van der Waals surface area contributed by atoms with E-state index in [1.54, 1.807) is 7.11 Å². The van der Waals surface area contributed by atoms with Gasteiger partial charge in [-0.2, -0.15) is 0 Å². The van der Waals surface area contributed by atoms with Gasteiger partial charge in [0.25, 0.3) is 0 Å². The molecule has 1 atom stereocenters. The number of benzene rings is 2. The Labute approximate surface area is 111 Å². The Balaban J connectivity index is 1.90. The fourth-order valence-corrected chi connectivity index (χ4v) is 2.28. The monoisotopic (exact) mass is 254 g/mol. The number of methoxy groups -OCH3 is 1. The maximum atomic E-state index is 12.1. The van der Waals surface area contributed by atoms with Crippen molar-refractivity contribution >= 4 is 5.78 Å². The van der Waals surface area contributed by atoms with Gasteiger partial charge in [-0.1, -0.05) is 24.3 Å². The van der Waals surface area contributed by atoms with E-state index >= 15 is 0 Å². The van der Waals surface area contributed by atoms with Crippen molar-refractivity contribution in [2.45, 2.75) is 12.5 Å². The largest absolute Gasteiger partial charge is 0.497 e. The number of para-hydroxylation sites is 1. The van der Waals surface area contributed by atoms with E-state index in [1.165, 1.54) is 0 Å². The molecule has 3 rings (SSSR count). The first-order valence-corrected chi connectivity index (χ1v) is 6.21. The van der Waals surface area contributed by atoms with Gasteiger partial charge in [0.2, 0.25) is 0 Å². The highest BCUT2D eigenvalue weighted by molar-refractivity contribution is 5.99. The van der Waals surface area contributed by atoms with Crippen LogP contribution in [0.25, 0.3) is 0 Å².